The molecule has 0 bridgehead atoms. The lowest BCUT2D eigenvalue weighted by molar-refractivity contribution is -0.127. The molecule has 7 heteroatoms. The molecule has 5 nitrogen and oxygen atoms in total. The molecular weight excluding hydrogens is 463 g/mol. The van der Waals surface area contributed by atoms with E-state index >= 15 is 4.39 Å². The molecule has 2 aliphatic heterocycles. The number of benzene rings is 2. The fraction of sp³-hybridized carbons (Fsp3) is 0.179. The number of pyridine rings is 2. The Balaban J connectivity index is 1.47. The Morgan fingerprint density at radius 3 is 2.77 bits per heavy atom. The summed E-state index contributed by atoms with van der Waals surface area (Å²) >= 11 is 6.58. The molecule has 2 atom stereocenters. The van der Waals surface area contributed by atoms with Gasteiger partial charge in [-0.25, -0.2) is 4.39 Å². The van der Waals surface area contributed by atoms with Gasteiger partial charge in [0.2, 0.25) is 5.91 Å². The normalized spacial score (nSPS) is 18.9. The average Bonchev–Trinajstić information content (AvgIpc) is 3.20. The summed E-state index contributed by atoms with van der Waals surface area (Å²) in [6, 6.07) is 11.5. The van der Waals surface area contributed by atoms with E-state index in [0.717, 1.165) is 17.2 Å². The molecule has 1 amide bonds. The summed E-state index contributed by atoms with van der Waals surface area (Å²) in [6.07, 6.45) is 11.0. The molecule has 2 aliphatic rings. The predicted molar refractivity (Wildman–Crippen MR) is 137 cm³/mol. The van der Waals surface area contributed by atoms with E-state index < -0.39 is 5.82 Å². The van der Waals surface area contributed by atoms with Crippen molar-refractivity contribution in [3.63, 3.8) is 0 Å². The summed E-state index contributed by atoms with van der Waals surface area (Å²) in [6.45, 7) is 4.87. The third kappa shape index (κ3) is 3.12. The third-order valence-corrected chi connectivity index (χ3v) is 7.41. The zero-order valence-electron chi connectivity index (χ0n) is 18.7. The van der Waals surface area contributed by atoms with E-state index in [1.54, 1.807) is 6.20 Å². The molecule has 0 N–H and O–H groups in total. The van der Waals surface area contributed by atoms with Crippen LogP contribution in [0.15, 0.2) is 61.4 Å². The number of carbonyl (C=O) groups excluding carboxylic acids is 1. The van der Waals surface area contributed by atoms with Crippen molar-refractivity contribution in [3.05, 3.63) is 77.9 Å². The van der Waals surface area contributed by atoms with Gasteiger partial charge >= 0.3 is 0 Å². The van der Waals surface area contributed by atoms with Gasteiger partial charge in [-0.15, -0.1) is 6.42 Å². The summed E-state index contributed by atoms with van der Waals surface area (Å²) in [4.78, 5) is 25.0. The highest BCUT2D eigenvalue weighted by molar-refractivity contribution is 6.34. The van der Waals surface area contributed by atoms with E-state index in [1.165, 1.54) is 12.3 Å². The van der Waals surface area contributed by atoms with Crippen LogP contribution in [-0.4, -0.2) is 45.9 Å². The number of hydrogen-bond acceptors (Lipinski definition) is 4. The van der Waals surface area contributed by atoms with Gasteiger partial charge in [-0.1, -0.05) is 54.4 Å². The molecule has 0 radical (unpaired) electrons. The maximum atomic E-state index is 16.0. The first-order chi connectivity index (χ1) is 17.0. The van der Waals surface area contributed by atoms with E-state index in [0.29, 0.717) is 40.3 Å². The quantitative estimate of drug-likeness (QED) is 0.297. The number of terminal acetylenes is 1. The average molecular weight is 483 g/mol. The Bertz CT molecular complexity index is 1590. The monoisotopic (exact) mass is 482 g/mol. The largest absolute Gasteiger partial charge is 0.362 e. The molecule has 2 aromatic carbocycles. The van der Waals surface area contributed by atoms with Crippen LogP contribution in [0.25, 0.3) is 32.9 Å². The van der Waals surface area contributed by atoms with Crippen LogP contribution in [0.2, 0.25) is 5.02 Å². The van der Waals surface area contributed by atoms with Crippen molar-refractivity contribution < 1.29 is 9.18 Å². The lowest BCUT2D eigenvalue weighted by Crippen LogP contribution is -2.62. The summed E-state index contributed by atoms with van der Waals surface area (Å²) in [5, 5.41) is 2.66. The van der Waals surface area contributed by atoms with E-state index in [4.69, 9.17) is 18.0 Å². The van der Waals surface area contributed by atoms with Gasteiger partial charge in [0.05, 0.1) is 22.8 Å². The molecule has 2 saturated heterocycles. The SMILES string of the molecule is C#Cc1cccc2cccc(-c3ncc4c(N5C[C@@H]6[C@H]5CCN6C(=O)C=C)c(Cl)cnc4c3F)c12. The van der Waals surface area contributed by atoms with Crippen LogP contribution in [0.4, 0.5) is 10.1 Å². The van der Waals surface area contributed by atoms with Gasteiger partial charge in [-0.3, -0.25) is 14.8 Å². The van der Waals surface area contributed by atoms with Crippen LogP contribution in [0, 0.1) is 18.2 Å². The Kier molecular flexibility index (Phi) is 4.98. The van der Waals surface area contributed by atoms with Gasteiger partial charge in [0.1, 0.15) is 11.2 Å². The second-order valence-electron chi connectivity index (χ2n) is 8.80. The number of anilines is 1. The molecule has 35 heavy (non-hydrogen) atoms. The molecule has 4 aromatic rings. The van der Waals surface area contributed by atoms with Crippen molar-refractivity contribution >= 4 is 44.9 Å². The number of likely N-dealkylation sites (tertiary alicyclic amines) is 1. The lowest BCUT2D eigenvalue weighted by atomic mass is 9.94. The summed E-state index contributed by atoms with van der Waals surface area (Å²) in [7, 11) is 0. The molecule has 172 valence electrons. The zero-order valence-corrected chi connectivity index (χ0v) is 19.5. The van der Waals surface area contributed by atoms with E-state index in [-0.39, 0.29) is 29.2 Å². The Morgan fingerprint density at radius 1 is 1.20 bits per heavy atom. The fourth-order valence-corrected chi connectivity index (χ4v) is 5.75. The van der Waals surface area contributed by atoms with Crippen molar-refractivity contribution in [2.45, 2.75) is 18.5 Å². The molecule has 0 saturated carbocycles. The molecule has 4 heterocycles. The number of fused-ring (bicyclic) bond motifs is 3. The number of rotatable bonds is 3. The Morgan fingerprint density at radius 2 is 2.00 bits per heavy atom. The standard InChI is InChI=1S/C28H20ClFN4O/c1-3-16-7-5-8-17-9-6-10-18(24(16)17)26-25(30)27-19(13-31-26)28(20(29)14-32-27)34-15-22-21(34)11-12-33(22)23(35)4-2/h1,4-10,13-14,21-22H,2,11-12,15H2/t21-,22-/m1/s1. The second kappa shape index (κ2) is 8.07. The summed E-state index contributed by atoms with van der Waals surface area (Å²) in [5.41, 5.74) is 2.38. The van der Waals surface area contributed by atoms with Crippen molar-refractivity contribution in [2.24, 2.45) is 0 Å². The Labute approximate surface area is 206 Å². The maximum Gasteiger partial charge on any atom is 0.246 e. The van der Waals surface area contributed by atoms with E-state index in [1.807, 2.05) is 41.3 Å². The number of amides is 1. The van der Waals surface area contributed by atoms with Gasteiger partial charge in [-0.05, 0) is 23.9 Å². The van der Waals surface area contributed by atoms with Crippen LogP contribution in [0.3, 0.4) is 0 Å². The van der Waals surface area contributed by atoms with Crippen LogP contribution in [0.5, 0.6) is 0 Å². The number of nitrogens with zero attached hydrogens (tertiary/aromatic N) is 4. The summed E-state index contributed by atoms with van der Waals surface area (Å²) in [5.74, 6) is 2.11. The van der Waals surface area contributed by atoms with Crippen LogP contribution >= 0.6 is 11.6 Å². The van der Waals surface area contributed by atoms with Gasteiger partial charge in [0, 0.05) is 47.4 Å². The summed E-state index contributed by atoms with van der Waals surface area (Å²) < 4.78 is 16.0. The first kappa shape index (κ1) is 21.6. The third-order valence-electron chi connectivity index (χ3n) is 7.14. The highest BCUT2D eigenvalue weighted by atomic mass is 35.5. The van der Waals surface area contributed by atoms with Crippen LogP contribution in [0.1, 0.15) is 12.0 Å². The first-order valence-corrected chi connectivity index (χ1v) is 11.7. The highest BCUT2D eigenvalue weighted by Gasteiger charge is 2.49. The molecule has 0 aliphatic carbocycles. The molecule has 0 unspecified atom stereocenters. The fourth-order valence-electron chi connectivity index (χ4n) is 5.49. The number of hydrogen-bond donors (Lipinski definition) is 0. The molecule has 2 fully saturated rings. The zero-order chi connectivity index (χ0) is 24.3. The highest BCUT2D eigenvalue weighted by Crippen LogP contribution is 2.44. The van der Waals surface area contributed by atoms with E-state index in [2.05, 4.69) is 27.4 Å². The minimum Gasteiger partial charge on any atom is -0.362 e. The van der Waals surface area contributed by atoms with Crippen molar-refractivity contribution in [3.8, 4) is 23.6 Å². The van der Waals surface area contributed by atoms with Gasteiger partial charge in [0.15, 0.2) is 5.82 Å². The smallest absolute Gasteiger partial charge is 0.246 e. The number of carbonyl (C=O) groups is 1. The van der Waals surface area contributed by atoms with Crippen molar-refractivity contribution in [2.75, 3.05) is 18.0 Å². The van der Waals surface area contributed by atoms with Crippen LogP contribution < -0.4 is 4.90 Å². The van der Waals surface area contributed by atoms with Crippen LogP contribution in [-0.2, 0) is 4.79 Å². The van der Waals surface area contributed by atoms with Gasteiger partial charge in [-0.2, -0.15) is 0 Å². The molecular formula is C28H20ClFN4O. The minimum atomic E-state index is -0.522. The minimum absolute atomic E-state index is 0.0680. The number of halogens is 2. The second-order valence-corrected chi connectivity index (χ2v) is 9.21. The topological polar surface area (TPSA) is 49.3 Å². The number of aromatic nitrogens is 2. The molecule has 0 spiro atoms. The lowest BCUT2D eigenvalue weighted by Gasteiger charge is -2.48. The first-order valence-electron chi connectivity index (χ1n) is 11.3. The maximum absolute atomic E-state index is 16.0. The van der Waals surface area contributed by atoms with Crippen molar-refractivity contribution in [1.82, 2.24) is 14.9 Å². The Hall–Kier alpha value is -3.95. The van der Waals surface area contributed by atoms with Gasteiger partial charge < -0.3 is 9.80 Å². The van der Waals surface area contributed by atoms with Crippen molar-refractivity contribution in [1.29, 1.82) is 0 Å². The molecule has 6 rings (SSSR count). The molecule has 2 aromatic heterocycles. The van der Waals surface area contributed by atoms with Gasteiger partial charge in [0.25, 0.3) is 0 Å². The predicted octanol–water partition coefficient (Wildman–Crippen LogP) is 5.20. The van der Waals surface area contributed by atoms with E-state index in [9.17, 15) is 4.79 Å².